The van der Waals surface area contributed by atoms with Gasteiger partial charge in [-0.2, -0.15) is 5.26 Å². The first kappa shape index (κ1) is 16.0. The van der Waals surface area contributed by atoms with Gasteiger partial charge in [0.25, 0.3) is 0 Å². The van der Waals surface area contributed by atoms with Gasteiger partial charge in [0.2, 0.25) is 11.8 Å². The van der Waals surface area contributed by atoms with E-state index in [0.29, 0.717) is 30.2 Å². The zero-order valence-electron chi connectivity index (χ0n) is 12.7. The molecule has 2 aromatic rings. The van der Waals surface area contributed by atoms with Crippen molar-refractivity contribution in [2.24, 2.45) is 11.7 Å². The van der Waals surface area contributed by atoms with Crippen LogP contribution in [0, 0.1) is 17.4 Å². The second kappa shape index (κ2) is 6.68. The average Bonchev–Trinajstić information content (AvgIpc) is 3.24. The van der Waals surface area contributed by atoms with Gasteiger partial charge in [-0.25, -0.2) is 4.98 Å². The van der Waals surface area contributed by atoms with Crippen molar-refractivity contribution in [3.8, 4) is 16.6 Å². The van der Waals surface area contributed by atoms with Crippen molar-refractivity contribution < 1.29 is 9.59 Å². The van der Waals surface area contributed by atoms with Crippen LogP contribution in [0.1, 0.15) is 16.8 Å². The number of thiazole rings is 1. The molecule has 1 unspecified atom stereocenters. The van der Waals surface area contributed by atoms with Crippen LogP contribution >= 0.6 is 11.3 Å². The fourth-order valence-corrected chi connectivity index (χ4v) is 3.38. The quantitative estimate of drug-likeness (QED) is 0.821. The Morgan fingerprint density at radius 3 is 3.00 bits per heavy atom. The van der Waals surface area contributed by atoms with Crippen molar-refractivity contribution in [2.45, 2.75) is 6.42 Å². The lowest BCUT2D eigenvalue weighted by atomic mass is 10.1. The van der Waals surface area contributed by atoms with Crippen LogP contribution in [0.2, 0.25) is 0 Å². The molecule has 1 aromatic heterocycles. The number of nitrogens with zero attached hydrogens (tertiary/aromatic N) is 3. The van der Waals surface area contributed by atoms with Crippen LogP contribution in [0.3, 0.4) is 0 Å². The first-order valence-corrected chi connectivity index (χ1v) is 8.20. The van der Waals surface area contributed by atoms with Gasteiger partial charge in [0.1, 0.15) is 0 Å². The summed E-state index contributed by atoms with van der Waals surface area (Å²) in [4.78, 5) is 30.1. The lowest BCUT2D eigenvalue weighted by Crippen LogP contribution is -2.25. The normalized spacial score (nSPS) is 16.6. The van der Waals surface area contributed by atoms with Gasteiger partial charge in [0.15, 0.2) is 11.3 Å². The van der Waals surface area contributed by atoms with Gasteiger partial charge in [-0.3, -0.25) is 9.59 Å². The molecule has 1 fully saturated rings. The molecule has 122 valence electrons. The Kier molecular flexibility index (Phi) is 4.44. The molecule has 24 heavy (non-hydrogen) atoms. The maximum absolute atomic E-state index is 12.2. The molecular weight excluding hydrogens is 326 g/mol. The molecule has 2 amide bonds. The minimum Gasteiger partial charge on any atom is -0.366 e. The lowest BCUT2D eigenvalue weighted by Gasteiger charge is -2.08. The number of nitrogens with two attached hydrogens (primary N) is 1. The summed E-state index contributed by atoms with van der Waals surface area (Å²) in [5.41, 5.74) is 6.53. The van der Waals surface area contributed by atoms with Crippen molar-refractivity contribution in [3.05, 3.63) is 36.0 Å². The molecule has 0 spiro atoms. The molecule has 3 rings (SSSR count). The van der Waals surface area contributed by atoms with E-state index in [1.807, 2.05) is 6.07 Å². The van der Waals surface area contributed by atoms with Crippen molar-refractivity contribution in [3.63, 3.8) is 0 Å². The minimum atomic E-state index is -0.488. The molecular formula is C16H15N5O2S. The standard InChI is InChI=1S/C16H15N5O2S/c17-9-21-5-4-12(8-21)15(23)20-16-19-7-13(24-16)10-2-1-3-11(6-10)14(18)22/h1-3,6-7,12H,4-5,8H2,(H2,18,22)(H,19,20,23). The molecule has 0 bridgehead atoms. The van der Waals surface area contributed by atoms with E-state index in [9.17, 15) is 9.59 Å². The molecule has 8 heteroatoms. The van der Waals surface area contributed by atoms with Crippen LogP contribution in [0.25, 0.3) is 10.4 Å². The fourth-order valence-electron chi connectivity index (χ4n) is 2.56. The van der Waals surface area contributed by atoms with Crippen LogP contribution in [0.15, 0.2) is 30.5 Å². The van der Waals surface area contributed by atoms with Crippen molar-refractivity contribution in [1.29, 1.82) is 5.26 Å². The molecule has 3 N–H and O–H groups in total. The summed E-state index contributed by atoms with van der Waals surface area (Å²) in [7, 11) is 0. The first-order chi connectivity index (χ1) is 11.6. The molecule has 7 nitrogen and oxygen atoms in total. The number of amides is 2. The first-order valence-electron chi connectivity index (χ1n) is 7.38. The predicted octanol–water partition coefficient (Wildman–Crippen LogP) is 1.65. The van der Waals surface area contributed by atoms with Crippen molar-refractivity contribution in [1.82, 2.24) is 9.88 Å². The highest BCUT2D eigenvalue weighted by molar-refractivity contribution is 7.19. The van der Waals surface area contributed by atoms with Crippen molar-refractivity contribution in [2.75, 3.05) is 18.4 Å². The maximum Gasteiger partial charge on any atom is 0.248 e. The summed E-state index contributed by atoms with van der Waals surface area (Å²) in [6.45, 7) is 1.05. The number of hydrogen-bond acceptors (Lipinski definition) is 6. The highest BCUT2D eigenvalue weighted by Crippen LogP contribution is 2.30. The summed E-state index contributed by atoms with van der Waals surface area (Å²) in [5, 5.41) is 12.1. The lowest BCUT2D eigenvalue weighted by molar-refractivity contribution is -0.119. The number of anilines is 1. The van der Waals surface area contributed by atoms with Gasteiger partial charge >= 0.3 is 0 Å². The molecule has 1 atom stereocenters. The molecule has 1 aliphatic heterocycles. The van der Waals surface area contributed by atoms with Crippen molar-refractivity contribution >= 4 is 28.3 Å². The predicted molar refractivity (Wildman–Crippen MR) is 90.0 cm³/mol. The number of benzene rings is 1. The molecule has 1 saturated heterocycles. The van der Waals surface area contributed by atoms with E-state index in [-0.39, 0.29) is 11.8 Å². The largest absolute Gasteiger partial charge is 0.366 e. The van der Waals surface area contributed by atoms with Crippen LogP contribution in [0.5, 0.6) is 0 Å². The van der Waals surface area contributed by atoms with Crippen LogP contribution in [-0.2, 0) is 4.79 Å². The Balaban J connectivity index is 1.70. The summed E-state index contributed by atoms with van der Waals surface area (Å²) in [5.74, 6) is -0.812. The molecule has 0 saturated carbocycles. The van der Waals surface area contributed by atoms with E-state index in [4.69, 9.17) is 11.0 Å². The fraction of sp³-hybridized carbons (Fsp3) is 0.250. The third-order valence-electron chi connectivity index (χ3n) is 3.87. The molecule has 0 radical (unpaired) electrons. The van der Waals surface area contributed by atoms with E-state index < -0.39 is 5.91 Å². The number of nitrogens with one attached hydrogen (secondary N) is 1. The number of carbonyl (C=O) groups is 2. The number of rotatable bonds is 4. The second-order valence-electron chi connectivity index (χ2n) is 5.50. The van der Waals surface area contributed by atoms with Crippen LogP contribution in [-0.4, -0.2) is 34.8 Å². The Morgan fingerprint density at radius 2 is 2.29 bits per heavy atom. The van der Waals surface area contributed by atoms with Crippen LogP contribution < -0.4 is 11.1 Å². The Hall–Kier alpha value is -2.92. The maximum atomic E-state index is 12.2. The van der Waals surface area contributed by atoms with E-state index in [2.05, 4.69) is 16.5 Å². The highest BCUT2D eigenvalue weighted by atomic mass is 32.1. The van der Waals surface area contributed by atoms with E-state index in [1.165, 1.54) is 11.3 Å². The number of nitriles is 1. The minimum absolute atomic E-state index is 0.125. The average molecular weight is 341 g/mol. The summed E-state index contributed by atoms with van der Waals surface area (Å²) in [6, 6.07) is 6.95. The Morgan fingerprint density at radius 1 is 1.46 bits per heavy atom. The highest BCUT2D eigenvalue weighted by Gasteiger charge is 2.28. The van der Waals surface area contributed by atoms with E-state index >= 15 is 0 Å². The summed E-state index contributed by atoms with van der Waals surface area (Å²) >= 11 is 1.33. The Labute approximate surface area is 142 Å². The third kappa shape index (κ3) is 3.36. The topological polar surface area (TPSA) is 112 Å². The number of aromatic nitrogens is 1. The number of primary amides is 1. The summed E-state index contributed by atoms with van der Waals surface area (Å²) < 4.78 is 0. The summed E-state index contributed by atoms with van der Waals surface area (Å²) in [6.07, 6.45) is 4.37. The second-order valence-corrected chi connectivity index (χ2v) is 6.53. The van der Waals surface area contributed by atoms with E-state index in [1.54, 1.807) is 29.3 Å². The van der Waals surface area contributed by atoms with Gasteiger partial charge in [-0.1, -0.05) is 23.5 Å². The Bertz CT molecular complexity index is 826. The number of hydrogen-bond donors (Lipinski definition) is 2. The molecule has 1 aliphatic rings. The number of carbonyl (C=O) groups excluding carboxylic acids is 2. The smallest absolute Gasteiger partial charge is 0.248 e. The monoisotopic (exact) mass is 341 g/mol. The van der Waals surface area contributed by atoms with Gasteiger partial charge in [0.05, 0.1) is 10.8 Å². The molecule has 2 heterocycles. The third-order valence-corrected chi connectivity index (χ3v) is 4.83. The van der Waals surface area contributed by atoms with Gasteiger partial charge in [-0.05, 0) is 24.1 Å². The van der Waals surface area contributed by atoms with Gasteiger partial charge < -0.3 is 16.0 Å². The number of likely N-dealkylation sites (tertiary alicyclic amines) is 1. The zero-order valence-corrected chi connectivity index (χ0v) is 13.5. The van der Waals surface area contributed by atoms with Gasteiger partial charge in [0, 0.05) is 24.8 Å². The van der Waals surface area contributed by atoms with Crippen LogP contribution in [0.4, 0.5) is 5.13 Å². The SMILES string of the molecule is N#CN1CCC(C(=O)Nc2ncc(-c3cccc(C(N)=O)c3)s2)C1. The zero-order chi connectivity index (χ0) is 17.1. The van der Waals surface area contributed by atoms with E-state index in [0.717, 1.165) is 10.4 Å². The molecule has 1 aromatic carbocycles. The molecule has 0 aliphatic carbocycles. The van der Waals surface area contributed by atoms with Gasteiger partial charge in [-0.15, -0.1) is 0 Å².